The average Bonchev–Trinajstić information content (AvgIpc) is 3.14. The standard InChI is InChI=1S/C20H27N5O4/c1-22-18(19(27)24-20(13-26)6-9-28-10-7-20)16-11-15(3-4-17(16)21)29-12-14-5-8-23-25(14)2/h3-5,8,11,21-22,26H,6-7,9-10,12-13H2,1-2H3,(H,24,27)/b18-16-,21-17?. The molecule has 29 heavy (non-hydrogen) atoms. The van der Waals surface area contributed by atoms with E-state index in [9.17, 15) is 9.90 Å². The van der Waals surface area contributed by atoms with Crippen molar-refractivity contribution in [3.05, 3.63) is 53.2 Å². The monoisotopic (exact) mass is 401 g/mol. The lowest BCUT2D eigenvalue weighted by Gasteiger charge is -2.36. The molecular formula is C20H27N5O4. The zero-order chi connectivity index (χ0) is 20.9. The fourth-order valence-electron chi connectivity index (χ4n) is 3.28. The number of aliphatic hydroxyl groups is 1. The Kier molecular flexibility index (Phi) is 6.50. The minimum Gasteiger partial charge on any atom is -0.487 e. The summed E-state index contributed by atoms with van der Waals surface area (Å²) in [4.78, 5) is 13.0. The number of aliphatic hydroxyl groups excluding tert-OH is 1. The van der Waals surface area contributed by atoms with Crippen molar-refractivity contribution in [2.24, 2.45) is 7.05 Å². The molecule has 9 heteroatoms. The molecule has 1 amide bonds. The summed E-state index contributed by atoms with van der Waals surface area (Å²) in [6, 6.07) is 1.86. The number of ether oxygens (including phenoxy) is 2. The van der Waals surface area contributed by atoms with E-state index in [2.05, 4.69) is 15.7 Å². The lowest BCUT2D eigenvalue weighted by atomic mass is 9.90. The van der Waals surface area contributed by atoms with E-state index in [0.29, 0.717) is 44.0 Å². The molecule has 2 aliphatic rings. The maximum Gasteiger partial charge on any atom is 0.268 e. The number of carbonyl (C=O) groups is 1. The number of hydrogen-bond acceptors (Lipinski definition) is 7. The van der Waals surface area contributed by atoms with Gasteiger partial charge in [-0.1, -0.05) is 0 Å². The Bertz CT molecular complexity index is 862. The van der Waals surface area contributed by atoms with Crippen LogP contribution in [0.5, 0.6) is 0 Å². The van der Waals surface area contributed by atoms with Crippen LogP contribution in [-0.2, 0) is 27.9 Å². The SMILES string of the molecule is CN/C(C(=O)NC1(CO)CCOCC1)=C1/C=C(OCc2ccnn2C)C=CC1=N. The molecule has 156 valence electrons. The molecule has 0 atom stereocenters. The number of likely N-dealkylation sites (N-methyl/N-ethyl adjacent to an activating group) is 1. The second kappa shape index (κ2) is 9.06. The van der Waals surface area contributed by atoms with Gasteiger partial charge >= 0.3 is 0 Å². The Hall–Kier alpha value is -2.91. The molecule has 0 aromatic carbocycles. The Labute approximate surface area is 169 Å². The summed E-state index contributed by atoms with van der Waals surface area (Å²) in [6.07, 6.45) is 7.72. The summed E-state index contributed by atoms with van der Waals surface area (Å²) in [5.41, 5.74) is 1.06. The number of carbonyl (C=O) groups excluding carboxylic acids is 1. The Morgan fingerprint density at radius 1 is 1.41 bits per heavy atom. The molecule has 1 fully saturated rings. The van der Waals surface area contributed by atoms with Gasteiger partial charge in [0.2, 0.25) is 0 Å². The van der Waals surface area contributed by atoms with Crippen LogP contribution in [0.25, 0.3) is 0 Å². The Morgan fingerprint density at radius 3 is 2.79 bits per heavy atom. The van der Waals surface area contributed by atoms with E-state index >= 15 is 0 Å². The van der Waals surface area contributed by atoms with Gasteiger partial charge in [-0.25, -0.2) is 0 Å². The molecule has 0 saturated carbocycles. The van der Waals surface area contributed by atoms with Crippen LogP contribution in [0.1, 0.15) is 18.5 Å². The summed E-state index contributed by atoms with van der Waals surface area (Å²) < 4.78 is 12.9. The molecular weight excluding hydrogens is 374 g/mol. The number of nitrogens with zero attached hydrogens (tertiary/aromatic N) is 2. The van der Waals surface area contributed by atoms with Crippen molar-refractivity contribution in [3.8, 4) is 0 Å². The van der Waals surface area contributed by atoms with E-state index in [0.717, 1.165) is 5.69 Å². The van der Waals surface area contributed by atoms with Gasteiger partial charge < -0.3 is 30.6 Å². The molecule has 1 aromatic heterocycles. The first-order valence-electron chi connectivity index (χ1n) is 9.49. The highest BCUT2D eigenvalue weighted by Gasteiger charge is 2.34. The van der Waals surface area contributed by atoms with Crippen molar-refractivity contribution in [2.75, 3.05) is 26.9 Å². The van der Waals surface area contributed by atoms with Gasteiger partial charge in [0.15, 0.2) is 0 Å². The molecule has 1 saturated heterocycles. The second-order valence-electron chi connectivity index (χ2n) is 7.07. The van der Waals surface area contributed by atoms with Crippen molar-refractivity contribution in [2.45, 2.75) is 25.0 Å². The van der Waals surface area contributed by atoms with Crippen LogP contribution in [-0.4, -0.2) is 58.9 Å². The quantitative estimate of drug-likeness (QED) is 0.495. The maximum absolute atomic E-state index is 13.0. The summed E-state index contributed by atoms with van der Waals surface area (Å²) in [5.74, 6) is 0.168. The van der Waals surface area contributed by atoms with Crippen LogP contribution in [0, 0.1) is 5.41 Å². The Morgan fingerprint density at radius 2 is 2.17 bits per heavy atom. The topological polar surface area (TPSA) is 121 Å². The fraction of sp³-hybridized carbons (Fsp3) is 0.450. The predicted molar refractivity (Wildman–Crippen MR) is 107 cm³/mol. The lowest BCUT2D eigenvalue weighted by molar-refractivity contribution is -0.121. The molecule has 0 unspecified atom stereocenters. The highest BCUT2D eigenvalue weighted by atomic mass is 16.5. The van der Waals surface area contributed by atoms with Gasteiger partial charge in [-0.05, 0) is 37.1 Å². The highest BCUT2D eigenvalue weighted by Crippen LogP contribution is 2.22. The number of amides is 1. The molecule has 4 N–H and O–H groups in total. The van der Waals surface area contributed by atoms with Crippen molar-refractivity contribution < 1.29 is 19.4 Å². The number of aryl methyl sites for hydroxylation is 1. The van der Waals surface area contributed by atoms with E-state index in [4.69, 9.17) is 14.9 Å². The number of nitrogens with one attached hydrogen (secondary N) is 3. The smallest absolute Gasteiger partial charge is 0.268 e. The first-order valence-corrected chi connectivity index (χ1v) is 9.49. The number of hydrogen-bond donors (Lipinski definition) is 4. The van der Waals surface area contributed by atoms with E-state index in [1.54, 1.807) is 36.2 Å². The van der Waals surface area contributed by atoms with Crippen LogP contribution < -0.4 is 10.6 Å². The van der Waals surface area contributed by atoms with Crippen molar-refractivity contribution in [3.63, 3.8) is 0 Å². The second-order valence-corrected chi connectivity index (χ2v) is 7.07. The van der Waals surface area contributed by atoms with Gasteiger partial charge in [-0.3, -0.25) is 9.48 Å². The van der Waals surface area contributed by atoms with Gasteiger partial charge in [0.25, 0.3) is 5.91 Å². The van der Waals surface area contributed by atoms with E-state index < -0.39 is 5.54 Å². The molecule has 2 heterocycles. The van der Waals surface area contributed by atoms with Crippen LogP contribution in [0.4, 0.5) is 0 Å². The van der Waals surface area contributed by atoms with Gasteiger partial charge in [-0.15, -0.1) is 0 Å². The third kappa shape index (κ3) is 4.75. The third-order valence-electron chi connectivity index (χ3n) is 5.18. The summed E-state index contributed by atoms with van der Waals surface area (Å²) in [5, 5.41) is 28.0. The summed E-state index contributed by atoms with van der Waals surface area (Å²) in [7, 11) is 3.47. The zero-order valence-electron chi connectivity index (χ0n) is 16.7. The molecule has 3 rings (SSSR count). The van der Waals surface area contributed by atoms with Crippen LogP contribution >= 0.6 is 0 Å². The van der Waals surface area contributed by atoms with Gasteiger partial charge in [0.05, 0.1) is 23.6 Å². The number of aromatic nitrogens is 2. The Balaban J connectivity index is 1.79. The van der Waals surface area contributed by atoms with Crippen molar-refractivity contribution in [1.29, 1.82) is 5.41 Å². The van der Waals surface area contributed by atoms with E-state index in [1.165, 1.54) is 0 Å². The van der Waals surface area contributed by atoms with E-state index in [-0.39, 0.29) is 23.9 Å². The molecule has 0 spiro atoms. The predicted octanol–water partition coefficient (Wildman–Crippen LogP) is 0.541. The molecule has 0 bridgehead atoms. The molecule has 0 radical (unpaired) electrons. The van der Waals surface area contributed by atoms with Crippen molar-refractivity contribution >= 4 is 11.6 Å². The lowest BCUT2D eigenvalue weighted by Crippen LogP contribution is -2.55. The zero-order valence-corrected chi connectivity index (χ0v) is 16.7. The highest BCUT2D eigenvalue weighted by molar-refractivity contribution is 6.14. The third-order valence-corrected chi connectivity index (χ3v) is 5.18. The summed E-state index contributed by atoms with van der Waals surface area (Å²) in [6.45, 7) is 1.12. The maximum atomic E-state index is 13.0. The van der Waals surface area contributed by atoms with E-state index in [1.807, 2.05) is 13.1 Å². The molecule has 9 nitrogen and oxygen atoms in total. The normalized spacial score (nSPS) is 20.1. The van der Waals surface area contributed by atoms with Crippen LogP contribution in [0.15, 0.2) is 47.5 Å². The minimum absolute atomic E-state index is 0.166. The molecule has 1 aromatic rings. The molecule has 1 aliphatic carbocycles. The molecule has 1 aliphatic heterocycles. The van der Waals surface area contributed by atoms with Gasteiger partial charge in [0.1, 0.15) is 18.1 Å². The fourth-order valence-corrected chi connectivity index (χ4v) is 3.28. The van der Waals surface area contributed by atoms with Crippen LogP contribution in [0.2, 0.25) is 0 Å². The average molecular weight is 401 g/mol. The first-order chi connectivity index (χ1) is 14.0. The first kappa shape index (κ1) is 20.8. The van der Waals surface area contributed by atoms with Gasteiger partial charge in [-0.2, -0.15) is 5.10 Å². The van der Waals surface area contributed by atoms with Crippen LogP contribution in [0.3, 0.4) is 0 Å². The van der Waals surface area contributed by atoms with Gasteiger partial charge in [0, 0.05) is 39.1 Å². The minimum atomic E-state index is -0.715. The summed E-state index contributed by atoms with van der Waals surface area (Å²) >= 11 is 0. The largest absolute Gasteiger partial charge is 0.487 e. The number of rotatable bonds is 7. The van der Waals surface area contributed by atoms with Crippen molar-refractivity contribution in [1.82, 2.24) is 20.4 Å². The number of allylic oxidation sites excluding steroid dienone is 4.